The lowest BCUT2D eigenvalue weighted by atomic mass is 10.1. The van der Waals surface area contributed by atoms with Gasteiger partial charge in [0, 0.05) is 23.4 Å². The van der Waals surface area contributed by atoms with Gasteiger partial charge in [0.2, 0.25) is 0 Å². The second-order valence-corrected chi connectivity index (χ2v) is 5.73. The average molecular weight is 331 g/mol. The Balaban J connectivity index is 1.92. The highest BCUT2D eigenvalue weighted by Gasteiger charge is 2.09. The minimum Gasteiger partial charge on any atom is -0.760 e. The van der Waals surface area contributed by atoms with Gasteiger partial charge in [-0.2, -0.15) is 0 Å². The van der Waals surface area contributed by atoms with Crippen LogP contribution in [0.4, 0.5) is 0 Å². The molecule has 3 rings (SSSR count). The molecule has 0 bridgehead atoms. The zero-order valence-corrected chi connectivity index (χ0v) is 13.4. The summed E-state index contributed by atoms with van der Waals surface area (Å²) >= 11 is -2.29. The second kappa shape index (κ2) is 6.45. The van der Waals surface area contributed by atoms with Gasteiger partial charge < -0.3 is 9.29 Å². The van der Waals surface area contributed by atoms with Crippen LogP contribution in [0.15, 0.2) is 42.5 Å². The van der Waals surface area contributed by atoms with Crippen molar-refractivity contribution in [2.45, 2.75) is 13.0 Å². The Bertz CT molecular complexity index is 848. The number of hydrogen-bond donors (Lipinski definition) is 1. The predicted molar refractivity (Wildman–Crippen MR) is 85.9 cm³/mol. The molecule has 1 N–H and O–H groups in total. The number of ether oxygens (including phenoxy) is 1. The first-order chi connectivity index (χ1) is 11.1. The highest BCUT2D eigenvalue weighted by molar-refractivity contribution is 7.77. The summed E-state index contributed by atoms with van der Waals surface area (Å²) in [6.07, 6.45) is 0. The third-order valence-electron chi connectivity index (χ3n) is 3.56. The number of nitrogens with zero attached hydrogens (tertiary/aromatic N) is 3. The van der Waals surface area contributed by atoms with Gasteiger partial charge in [0.05, 0.1) is 18.3 Å². The van der Waals surface area contributed by atoms with Gasteiger partial charge >= 0.3 is 0 Å². The van der Waals surface area contributed by atoms with E-state index in [0.29, 0.717) is 0 Å². The number of fused-ring (bicyclic) bond motifs is 1. The lowest BCUT2D eigenvalue weighted by Crippen LogP contribution is -2.20. The van der Waals surface area contributed by atoms with E-state index in [1.165, 1.54) is 0 Å². The number of nitrogens with one attached hydrogen (secondary N) is 1. The summed E-state index contributed by atoms with van der Waals surface area (Å²) in [6, 6.07) is 12.7. The number of benzene rings is 2. The maximum atomic E-state index is 10.7. The molecule has 2 unspecified atom stereocenters. The monoisotopic (exact) mass is 331 g/mol. The summed E-state index contributed by atoms with van der Waals surface area (Å²) in [6.45, 7) is 1.78. The van der Waals surface area contributed by atoms with Crippen LogP contribution in [-0.2, 0) is 11.3 Å². The summed E-state index contributed by atoms with van der Waals surface area (Å²) in [4.78, 5) is 0. The van der Waals surface area contributed by atoms with E-state index in [1.807, 2.05) is 42.5 Å². The quantitative estimate of drug-likeness (QED) is 0.721. The minimum atomic E-state index is -2.29. The van der Waals surface area contributed by atoms with E-state index < -0.39 is 11.3 Å². The van der Waals surface area contributed by atoms with E-state index >= 15 is 0 Å². The van der Waals surface area contributed by atoms with Gasteiger partial charge in [-0.15, -0.1) is 5.10 Å². The Morgan fingerprint density at radius 3 is 2.65 bits per heavy atom. The normalized spacial score (nSPS) is 13.9. The number of aromatic nitrogens is 3. The van der Waals surface area contributed by atoms with E-state index in [1.54, 1.807) is 18.7 Å². The van der Waals surface area contributed by atoms with Gasteiger partial charge in [-0.1, -0.05) is 17.3 Å². The van der Waals surface area contributed by atoms with E-state index in [4.69, 9.17) is 4.74 Å². The lowest BCUT2D eigenvalue weighted by molar-refractivity contribution is 0.415. The van der Waals surface area contributed by atoms with Crippen LogP contribution in [-0.4, -0.2) is 30.9 Å². The molecule has 0 spiro atoms. The molecule has 7 nitrogen and oxygen atoms in total. The minimum absolute atomic E-state index is 0.292. The van der Waals surface area contributed by atoms with Crippen LogP contribution >= 0.6 is 0 Å². The molecular weight excluding hydrogens is 316 g/mol. The summed E-state index contributed by atoms with van der Waals surface area (Å²) in [5, 5.41) is 8.30. The number of rotatable bonds is 5. The molecule has 0 aliphatic rings. The van der Waals surface area contributed by atoms with Crippen molar-refractivity contribution in [1.82, 2.24) is 19.7 Å². The first-order valence-electron chi connectivity index (χ1n) is 6.93. The molecule has 23 heavy (non-hydrogen) atoms. The fourth-order valence-electron chi connectivity index (χ4n) is 2.34. The molecule has 120 valence electrons. The van der Waals surface area contributed by atoms with Crippen LogP contribution in [0.1, 0.15) is 18.5 Å². The van der Waals surface area contributed by atoms with Crippen LogP contribution in [0.25, 0.3) is 16.7 Å². The molecule has 0 aliphatic heterocycles. The van der Waals surface area contributed by atoms with Gasteiger partial charge in [0.15, 0.2) is 0 Å². The Morgan fingerprint density at radius 1 is 1.26 bits per heavy atom. The molecule has 1 heterocycles. The highest BCUT2D eigenvalue weighted by atomic mass is 32.2. The highest BCUT2D eigenvalue weighted by Crippen LogP contribution is 2.22. The molecule has 3 aromatic rings. The molecule has 0 saturated carbocycles. The maximum Gasteiger partial charge on any atom is 0.121 e. The second-order valence-electron chi connectivity index (χ2n) is 5.02. The molecule has 2 atom stereocenters. The molecule has 0 aliphatic carbocycles. The third-order valence-corrected chi connectivity index (χ3v) is 4.11. The summed E-state index contributed by atoms with van der Waals surface area (Å²) in [5.74, 6) is 0.727. The molecule has 0 radical (unpaired) electrons. The third kappa shape index (κ3) is 3.24. The zero-order chi connectivity index (χ0) is 16.4. The molecule has 2 aromatic carbocycles. The first kappa shape index (κ1) is 15.6. The van der Waals surface area contributed by atoms with Crippen molar-refractivity contribution in [3.05, 3.63) is 48.0 Å². The van der Waals surface area contributed by atoms with Crippen molar-refractivity contribution in [1.29, 1.82) is 0 Å². The van der Waals surface area contributed by atoms with Gasteiger partial charge in [0.25, 0.3) is 0 Å². The topological polar surface area (TPSA) is 92.1 Å². The molecule has 1 aromatic heterocycles. The lowest BCUT2D eigenvalue weighted by Gasteiger charge is -2.16. The van der Waals surface area contributed by atoms with Crippen molar-refractivity contribution < 1.29 is 13.5 Å². The van der Waals surface area contributed by atoms with Crippen molar-refractivity contribution in [3.63, 3.8) is 0 Å². The Kier molecular flexibility index (Phi) is 4.37. The van der Waals surface area contributed by atoms with Crippen LogP contribution in [0.5, 0.6) is 5.75 Å². The van der Waals surface area contributed by atoms with Crippen molar-refractivity contribution in [2.75, 3.05) is 7.11 Å². The fourth-order valence-corrected chi connectivity index (χ4v) is 2.76. The maximum absolute atomic E-state index is 10.7. The van der Waals surface area contributed by atoms with Gasteiger partial charge in [-0.25, -0.2) is 9.40 Å². The smallest absolute Gasteiger partial charge is 0.121 e. The van der Waals surface area contributed by atoms with Crippen molar-refractivity contribution >= 4 is 22.3 Å². The molecule has 0 fully saturated rings. The zero-order valence-electron chi connectivity index (χ0n) is 12.6. The predicted octanol–water partition coefficient (Wildman–Crippen LogP) is 1.87. The summed E-state index contributed by atoms with van der Waals surface area (Å²) < 4.78 is 30.7. The summed E-state index contributed by atoms with van der Waals surface area (Å²) in [5.41, 5.74) is 3.32. The van der Waals surface area contributed by atoms with E-state index in [2.05, 4.69) is 15.0 Å². The number of hydrogen-bond acceptors (Lipinski definition) is 5. The van der Waals surface area contributed by atoms with Gasteiger partial charge in [-0.05, 0) is 36.8 Å². The van der Waals surface area contributed by atoms with Crippen molar-refractivity contribution in [3.8, 4) is 11.4 Å². The van der Waals surface area contributed by atoms with Crippen LogP contribution in [0.3, 0.4) is 0 Å². The van der Waals surface area contributed by atoms with Crippen LogP contribution in [0, 0.1) is 0 Å². The fraction of sp³-hybridized carbons (Fsp3) is 0.200. The Hall–Kier alpha value is -2.29. The number of methoxy groups -OCH3 is 1. The standard InChI is InChI=1S/C15H16N4O3S/c1-10(17-23(20)21)11-3-5-12(6-4-11)19-15-8-7-13(22-2)9-14(15)16-18-19/h3-10,17H,1-2H3,(H,20,21)/p-1. The average Bonchev–Trinajstić information content (AvgIpc) is 2.97. The largest absolute Gasteiger partial charge is 0.760 e. The van der Waals surface area contributed by atoms with Gasteiger partial charge in [-0.3, -0.25) is 4.21 Å². The molecular formula is C15H15N4O3S-. The van der Waals surface area contributed by atoms with Crippen molar-refractivity contribution in [2.24, 2.45) is 0 Å². The van der Waals surface area contributed by atoms with E-state index in [9.17, 15) is 8.76 Å². The Labute approximate surface area is 135 Å². The molecule has 8 heteroatoms. The SMILES string of the molecule is COc1ccc2c(c1)nnn2-c1ccc(C(C)NS(=O)[O-])cc1. The van der Waals surface area contributed by atoms with E-state index in [-0.39, 0.29) is 6.04 Å². The van der Waals surface area contributed by atoms with Gasteiger partial charge in [0.1, 0.15) is 11.3 Å². The summed E-state index contributed by atoms with van der Waals surface area (Å²) in [7, 11) is 1.61. The van der Waals surface area contributed by atoms with Crippen LogP contribution < -0.4 is 9.46 Å². The van der Waals surface area contributed by atoms with E-state index in [0.717, 1.165) is 28.0 Å². The molecule has 0 amide bonds. The first-order valence-corrected chi connectivity index (χ1v) is 8.01. The van der Waals surface area contributed by atoms with Crippen LogP contribution in [0.2, 0.25) is 0 Å². The molecule has 0 saturated heterocycles. The Morgan fingerprint density at radius 2 is 2.00 bits per heavy atom.